The Hall–Kier alpha value is -3.59. The van der Waals surface area contributed by atoms with Gasteiger partial charge in [0, 0.05) is 17.3 Å². The molecular formula is C20H18ClN5O4. The molecular weight excluding hydrogens is 410 g/mol. The number of rotatable bonds is 6. The zero-order valence-corrected chi connectivity index (χ0v) is 16.8. The first-order chi connectivity index (χ1) is 14.5. The number of hydrogen-bond acceptors (Lipinski definition) is 5. The maximum atomic E-state index is 12.9. The molecule has 9 nitrogen and oxygen atoms in total. The second-order valence-corrected chi connectivity index (χ2v) is 7.09. The van der Waals surface area contributed by atoms with Crippen molar-refractivity contribution in [3.05, 3.63) is 75.4 Å². The van der Waals surface area contributed by atoms with Crippen molar-refractivity contribution < 1.29 is 14.3 Å². The molecule has 154 valence electrons. The molecule has 4 rings (SSSR count). The van der Waals surface area contributed by atoms with Gasteiger partial charge >= 0.3 is 11.7 Å². The van der Waals surface area contributed by atoms with Crippen molar-refractivity contribution in [1.29, 1.82) is 0 Å². The highest BCUT2D eigenvalue weighted by Crippen LogP contribution is 2.25. The molecule has 30 heavy (non-hydrogen) atoms. The highest BCUT2D eigenvalue weighted by molar-refractivity contribution is 6.30. The molecule has 2 amide bonds. The van der Waals surface area contributed by atoms with Crippen LogP contribution in [0.5, 0.6) is 5.75 Å². The number of fused-ring (bicyclic) bond motifs is 1. The summed E-state index contributed by atoms with van der Waals surface area (Å²) < 4.78 is 7.31. The van der Waals surface area contributed by atoms with Crippen LogP contribution in [-0.4, -0.2) is 33.4 Å². The number of carbonyl (C=O) groups is 2. The predicted molar refractivity (Wildman–Crippen MR) is 110 cm³/mol. The van der Waals surface area contributed by atoms with Crippen molar-refractivity contribution >= 4 is 29.2 Å². The van der Waals surface area contributed by atoms with Gasteiger partial charge in [-0.25, -0.2) is 14.3 Å². The van der Waals surface area contributed by atoms with Crippen molar-refractivity contribution in [3.63, 3.8) is 0 Å². The summed E-state index contributed by atoms with van der Waals surface area (Å²) in [5.74, 6) is 0.523. The van der Waals surface area contributed by atoms with Crippen LogP contribution in [0.1, 0.15) is 11.4 Å². The zero-order chi connectivity index (χ0) is 21.3. The van der Waals surface area contributed by atoms with Gasteiger partial charge in [0.05, 0.1) is 13.7 Å². The third kappa shape index (κ3) is 3.79. The maximum absolute atomic E-state index is 12.9. The normalized spacial score (nSPS) is 12.7. The first-order valence-electron chi connectivity index (χ1n) is 9.12. The maximum Gasteiger partial charge on any atom is 0.365 e. The lowest BCUT2D eigenvalue weighted by Crippen LogP contribution is -2.38. The van der Waals surface area contributed by atoms with Gasteiger partial charge in [0.15, 0.2) is 5.82 Å². The summed E-state index contributed by atoms with van der Waals surface area (Å²) in [4.78, 5) is 42.9. The van der Waals surface area contributed by atoms with Crippen LogP contribution in [0.2, 0.25) is 5.02 Å². The van der Waals surface area contributed by atoms with Crippen LogP contribution in [0.3, 0.4) is 0 Å². The number of ether oxygens (including phenoxy) is 1. The van der Waals surface area contributed by atoms with Crippen molar-refractivity contribution in [3.8, 4) is 5.75 Å². The molecule has 10 heteroatoms. The lowest BCUT2D eigenvalue weighted by Gasteiger charge is -2.16. The Morgan fingerprint density at radius 2 is 1.97 bits per heavy atom. The van der Waals surface area contributed by atoms with Gasteiger partial charge in [-0.05, 0) is 42.0 Å². The smallest absolute Gasteiger partial charge is 0.365 e. The standard InChI is InChI=1S/C20H18ClN5O4/c1-30-16-7-5-15(6-8-16)24-11-17-23-19(28)25(26(17)20(24)29)12-18(27)22-10-13-3-2-4-14(21)9-13/h2-9H,10-12H2,1H3,(H,22,27). The summed E-state index contributed by atoms with van der Waals surface area (Å²) in [5.41, 5.74) is 0.810. The summed E-state index contributed by atoms with van der Waals surface area (Å²) in [6, 6.07) is 13.6. The third-order valence-electron chi connectivity index (χ3n) is 4.70. The Bertz CT molecular complexity index is 1170. The van der Waals surface area contributed by atoms with Crippen LogP contribution in [0.25, 0.3) is 0 Å². The number of hydrogen-bond donors (Lipinski definition) is 1. The van der Waals surface area contributed by atoms with E-state index in [1.807, 2.05) is 6.07 Å². The molecule has 0 unspecified atom stereocenters. The van der Waals surface area contributed by atoms with E-state index in [2.05, 4.69) is 10.3 Å². The predicted octanol–water partition coefficient (Wildman–Crippen LogP) is 2.01. The number of methoxy groups -OCH3 is 1. The van der Waals surface area contributed by atoms with Gasteiger partial charge in [0.2, 0.25) is 5.91 Å². The van der Waals surface area contributed by atoms with Crippen LogP contribution in [0.4, 0.5) is 10.5 Å². The Balaban J connectivity index is 1.48. The fourth-order valence-corrected chi connectivity index (χ4v) is 3.43. The van der Waals surface area contributed by atoms with Gasteiger partial charge in [-0.15, -0.1) is 0 Å². The molecule has 2 aromatic carbocycles. The first-order valence-corrected chi connectivity index (χ1v) is 9.50. The Morgan fingerprint density at radius 3 is 2.67 bits per heavy atom. The number of nitrogens with zero attached hydrogens (tertiary/aromatic N) is 4. The van der Waals surface area contributed by atoms with E-state index in [9.17, 15) is 14.4 Å². The summed E-state index contributed by atoms with van der Waals surface area (Å²) in [6.07, 6.45) is 0. The summed E-state index contributed by atoms with van der Waals surface area (Å²) >= 11 is 5.94. The molecule has 2 heterocycles. The summed E-state index contributed by atoms with van der Waals surface area (Å²) in [7, 11) is 1.56. The highest BCUT2D eigenvalue weighted by Gasteiger charge is 2.33. The van der Waals surface area contributed by atoms with E-state index < -0.39 is 17.6 Å². The average Bonchev–Trinajstić information content (AvgIpc) is 3.22. The molecule has 0 saturated heterocycles. The van der Waals surface area contributed by atoms with Gasteiger partial charge in [0.25, 0.3) is 0 Å². The van der Waals surface area contributed by atoms with E-state index in [4.69, 9.17) is 16.3 Å². The third-order valence-corrected chi connectivity index (χ3v) is 4.93. The van der Waals surface area contributed by atoms with Crippen molar-refractivity contribution in [1.82, 2.24) is 19.7 Å². The Labute approximate surface area is 176 Å². The molecule has 1 aliphatic rings. The molecule has 0 radical (unpaired) electrons. The van der Waals surface area contributed by atoms with Gasteiger partial charge in [-0.2, -0.15) is 9.67 Å². The van der Waals surface area contributed by atoms with Gasteiger partial charge < -0.3 is 10.1 Å². The number of halogens is 1. The first kappa shape index (κ1) is 19.7. The molecule has 0 spiro atoms. The average molecular weight is 428 g/mol. The number of nitrogens with one attached hydrogen (secondary N) is 1. The quantitative estimate of drug-likeness (QED) is 0.648. The highest BCUT2D eigenvalue weighted by atomic mass is 35.5. The van der Waals surface area contributed by atoms with E-state index in [1.165, 1.54) is 4.90 Å². The largest absolute Gasteiger partial charge is 0.497 e. The second-order valence-electron chi connectivity index (χ2n) is 6.65. The van der Waals surface area contributed by atoms with Gasteiger partial charge in [-0.3, -0.25) is 9.69 Å². The van der Waals surface area contributed by atoms with Gasteiger partial charge in [-0.1, -0.05) is 23.7 Å². The molecule has 1 aliphatic heterocycles. The number of anilines is 1. The van der Waals surface area contributed by atoms with Crippen LogP contribution in [0.15, 0.2) is 53.3 Å². The van der Waals surface area contributed by atoms with Crippen LogP contribution in [-0.2, 0) is 24.4 Å². The van der Waals surface area contributed by atoms with E-state index in [1.54, 1.807) is 49.6 Å². The van der Waals surface area contributed by atoms with Crippen LogP contribution >= 0.6 is 11.6 Å². The minimum absolute atomic E-state index is 0.136. The van der Waals surface area contributed by atoms with Crippen molar-refractivity contribution in [2.75, 3.05) is 12.0 Å². The van der Waals surface area contributed by atoms with Gasteiger partial charge in [0.1, 0.15) is 12.3 Å². The van der Waals surface area contributed by atoms with Crippen molar-refractivity contribution in [2.45, 2.75) is 19.6 Å². The van der Waals surface area contributed by atoms with E-state index in [0.717, 1.165) is 14.9 Å². The molecule has 3 aromatic rings. The molecule has 0 atom stereocenters. The minimum atomic E-state index is -0.648. The zero-order valence-electron chi connectivity index (χ0n) is 16.0. The number of amides is 2. The summed E-state index contributed by atoms with van der Waals surface area (Å²) in [5, 5.41) is 3.28. The van der Waals surface area contributed by atoms with Crippen LogP contribution < -0.4 is 20.6 Å². The molecule has 1 aromatic heterocycles. The fraction of sp³-hybridized carbons (Fsp3) is 0.200. The molecule has 0 bridgehead atoms. The molecule has 0 saturated carbocycles. The van der Waals surface area contributed by atoms with E-state index >= 15 is 0 Å². The molecule has 0 fully saturated rings. The van der Waals surface area contributed by atoms with E-state index in [0.29, 0.717) is 16.5 Å². The van der Waals surface area contributed by atoms with Crippen LogP contribution in [0, 0.1) is 0 Å². The molecule has 1 N–H and O–H groups in total. The summed E-state index contributed by atoms with van der Waals surface area (Å²) in [6.45, 7) is 0.0627. The lowest BCUT2D eigenvalue weighted by atomic mass is 10.2. The fourth-order valence-electron chi connectivity index (χ4n) is 3.22. The SMILES string of the molecule is COc1ccc(N2Cc3nc(=O)n(CC(=O)NCc4cccc(Cl)c4)n3C2=O)cc1. The number of benzene rings is 2. The van der Waals surface area contributed by atoms with Crippen molar-refractivity contribution in [2.24, 2.45) is 0 Å². The Kier molecular flexibility index (Phi) is 5.28. The minimum Gasteiger partial charge on any atom is -0.497 e. The lowest BCUT2D eigenvalue weighted by molar-refractivity contribution is -0.122. The van der Waals surface area contributed by atoms with E-state index in [-0.39, 0.29) is 25.5 Å². The topological polar surface area (TPSA) is 98.5 Å². The Morgan fingerprint density at radius 1 is 1.20 bits per heavy atom. The molecule has 0 aliphatic carbocycles. The number of carbonyl (C=O) groups excluding carboxylic acids is 2. The monoisotopic (exact) mass is 427 g/mol. The number of aromatic nitrogens is 3. The second kappa shape index (κ2) is 8.03.